The van der Waals surface area contributed by atoms with Gasteiger partial charge in [0.05, 0.1) is 0 Å². The summed E-state index contributed by atoms with van der Waals surface area (Å²) in [4.78, 5) is 7.92. The number of benzene rings is 1. The predicted molar refractivity (Wildman–Crippen MR) is 74.1 cm³/mol. The highest BCUT2D eigenvalue weighted by molar-refractivity contribution is 5.49. The zero-order valence-electron chi connectivity index (χ0n) is 10.5. The molecule has 94 valence electrons. The Labute approximate surface area is 106 Å². The molecule has 5 N–H and O–H groups in total. The first-order valence-corrected chi connectivity index (χ1v) is 5.78. The molecule has 1 atom stereocenters. The third-order valence-corrected chi connectivity index (χ3v) is 2.70. The van der Waals surface area contributed by atoms with Crippen molar-refractivity contribution < 1.29 is 0 Å². The number of nitrogens with one attached hydrogen (secondary N) is 1. The maximum atomic E-state index is 5.62. The Kier molecular flexibility index (Phi) is 3.32. The first-order chi connectivity index (χ1) is 8.54. The molecular formula is C13H17N5. The van der Waals surface area contributed by atoms with Crippen LogP contribution in [-0.4, -0.2) is 9.97 Å². The van der Waals surface area contributed by atoms with Gasteiger partial charge in [-0.3, -0.25) is 0 Å². The van der Waals surface area contributed by atoms with E-state index in [4.69, 9.17) is 11.5 Å². The Bertz CT molecular complexity index is 515. The molecule has 5 heteroatoms. The summed E-state index contributed by atoms with van der Waals surface area (Å²) in [7, 11) is 0. The monoisotopic (exact) mass is 243 g/mol. The van der Waals surface area contributed by atoms with Gasteiger partial charge in [0.1, 0.15) is 11.6 Å². The highest BCUT2D eigenvalue weighted by Gasteiger charge is 2.07. The van der Waals surface area contributed by atoms with E-state index in [0.717, 1.165) is 0 Å². The lowest BCUT2D eigenvalue weighted by atomic mass is 10.1. The van der Waals surface area contributed by atoms with E-state index >= 15 is 0 Å². The quantitative estimate of drug-likeness (QED) is 0.768. The van der Waals surface area contributed by atoms with Gasteiger partial charge in [0.25, 0.3) is 0 Å². The SMILES string of the molecule is Cc1ccc(C(C)Nc2cc(N)nc(N)n2)cc1. The molecule has 0 aliphatic rings. The number of anilines is 3. The van der Waals surface area contributed by atoms with E-state index in [1.165, 1.54) is 11.1 Å². The molecule has 0 bridgehead atoms. The fraction of sp³-hybridized carbons (Fsp3) is 0.231. The van der Waals surface area contributed by atoms with Crippen molar-refractivity contribution in [3.05, 3.63) is 41.5 Å². The lowest BCUT2D eigenvalue weighted by molar-refractivity contribution is 0.873. The normalized spacial score (nSPS) is 12.1. The molecule has 1 aromatic heterocycles. The van der Waals surface area contributed by atoms with Crippen LogP contribution >= 0.6 is 0 Å². The number of aromatic nitrogens is 2. The van der Waals surface area contributed by atoms with Gasteiger partial charge >= 0.3 is 0 Å². The summed E-state index contributed by atoms with van der Waals surface area (Å²) >= 11 is 0. The molecule has 5 nitrogen and oxygen atoms in total. The third kappa shape index (κ3) is 2.88. The van der Waals surface area contributed by atoms with Gasteiger partial charge in [0, 0.05) is 12.1 Å². The van der Waals surface area contributed by atoms with Crippen LogP contribution in [0.3, 0.4) is 0 Å². The number of nitrogens with zero attached hydrogens (tertiary/aromatic N) is 2. The molecule has 2 aromatic rings. The van der Waals surface area contributed by atoms with Crippen molar-refractivity contribution in [2.24, 2.45) is 0 Å². The van der Waals surface area contributed by atoms with E-state index in [1.807, 2.05) is 0 Å². The Morgan fingerprint density at radius 3 is 2.39 bits per heavy atom. The van der Waals surface area contributed by atoms with Gasteiger partial charge in [0.15, 0.2) is 0 Å². The molecular weight excluding hydrogens is 226 g/mol. The second-order valence-electron chi connectivity index (χ2n) is 4.31. The van der Waals surface area contributed by atoms with Gasteiger partial charge in [0.2, 0.25) is 5.95 Å². The lowest BCUT2D eigenvalue weighted by Crippen LogP contribution is -2.10. The smallest absolute Gasteiger partial charge is 0.223 e. The average Bonchev–Trinajstić information content (AvgIpc) is 2.28. The summed E-state index contributed by atoms with van der Waals surface area (Å²) in [6, 6.07) is 10.1. The largest absolute Gasteiger partial charge is 0.383 e. The highest BCUT2D eigenvalue weighted by atomic mass is 15.1. The Morgan fingerprint density at radius 2 is 1.78 bits per heavy atom. The average molecular weight is 243 g/mol. The molecule has 2 rings (SSSR count). The first kappa shape index (κ1) is 12.2. The van der Waals surface area contributed by atoms with Crippen LogP contribution in [0.1, 0.15) is 24.1 Å². The summed E-state index contributed by atoms with van der Waals surface area (Å²) in [5, 5.41) is 3.25. The van der Waals surface area contributed by atoms with Crippen LogP contribution in [0.25, 0.3) is 0 Å². The molecule has 18 heavy (non-hydrogen) atoms. The van der Waals surface area contributed by atoms with E-state index < -0.39 is 0 Å². The second-order valence-corrected chi connectivity index (χ2v) is 4.31. The van der Waals surface area contributed by atoms with Crippen molar-refractivity contribution in [3.63, 3.8) is 0 Å². The van der Waals surface area contributed by atoms with Crippen molar-refractivity contribution in [2.45, 2.75) is 19.9 Å². The fourth-order valence-electron chi connectivity index (χ4n) is 1.72. The van der Waals surface area contributed by atoms with Crippen molar-refractivity contribution >= 4 is 17.6 Å². The van der Waals surface area contributed by atoms with Crippen molar-refractivity contribution in [3.8, 4) is 0 Å². The van der Waals surface area contributed by atoms with Crippen LogP contribution in [0.4, 0.5) is 17.6 Å². The van der Waals surface area contributed by atoms with Crippen LogP contribution in [0.5, 0.6) is 0 Å². The van der Waals surface area contributed by atoms with Crippen molar-refractivity contribution in [1.29, 1.82) is 0 Å². The number of nitrogen functional groups attached to an aromatic ring is 2. The van der Waals surface area contributed by atoms with Crippen LogP contribution in [0.2, 0.25) is 0 Å². The summed E-state index contributed by atoms with van der Waals surface area (Å²) in [5.41, 5.74) is 13.6. The van der Waals surface area contributed by atoms with Crippen molar-refractivity contribution in [1.82, 2.24) is 9.97 Å². The molecule has 0 spiro atoms. The summed E-state index contributed by atoms with van der Waals surface area (Å²) in [6.07, 6.45) is 0. The Hall–Kier alpha value is -2.30. The first-order valence-electron chi connectivity index (χ1n) is 5.78. The minimum Gasteiger partial charge on any atom is -0.383 e. The molecule has 0 amide bonds. The fourth-order valence-corrected chi connectivity index (χ4v) is 1.72. The molecule has 0 aliphatic carbocycles. The van der Waals surface area contributed by atoms with Gasteiger partial charge in [-0.25, -0.2) is 0 Å². The van der Waals surface area contributed by atoms with Gasteiger partial charge in [-0.1, -0.05) is 29.8 Å². The highest BCUT2D eigenvalue weighted by Crippen LogP contribution is 2.19. The predicted octanol–water partition coefficient (Wildman–Crippen LogP) is 2.12. The van der Waals surface area contributed by atoms with Gasteiger partial charge in [-0.2, -0.15) is 9.97 Å². The summed E-state index contributed by atoms with van der Waals surface area (Å²) in [6.45, 7) is 4.12. The van der Waals surface area contributed by atoms with Crippen LogP contribution in [-0.2, 0) is 0 Å². The number of hydrogen-bond donors (Lipinski definition) is 3. The molecule has 1 aromatic carbocycles. The van der Waals surface area contributed by atoms with E-state index in [0.29, 0.717) is 11.6 Å². The van der Waals surface area contributed by atoms with Crippen molar-refractivity contribution in [2.75, 3.05) is 16.8 Å². The van der Waals surface area contributed by atoms with Crippen LogP contribution in [0, 0.1) is 6.92 Å². The number of hydrogen-bond acceptors (Lipinski definition) is 5. The lowest BCUT2D eigenvalue weighted by Gasteiger charge is -2.15. The van der Waals surface area contributed by atoms with Gasteiger partial charge in [-0.15, -0.1) is 0 Å². The molecule has 0 aliphatic heterocycles. The summed E-state index contributed by atoms with van der Waals surface area (Å²) in [5.74, 6) is 1.17. The maximum Gasteiger partial charge on any atom is 0.223 e. The second kappa shape index (κ2) is 4.91. The molecule has 1 unspecified atom stereocenters. The number of rotatable bonds is 3. The molecule has 0 radical (unpaired) electrons. The molecule has 1 heterocycles. The molecule has 0 saturated heterocycles. The zero-order chi connectivity index (χ0) is 13.1. The Morgan fingerprint density at radius 1 is 1.11 bits per heavy atom. The minimum atomic E-state index is 0.124. The third-order valence-electron chi connectivity index (χ3n) is 2.70. The van der Waals surface area contributed by atoms with E-state index in [9.17, 15) is 0 Å². The minimum absolute atomic E-state index is 0.124. The van der Waals surface area contributed by atoms with Gasteiger partial charge in [-0.05, 0) is 19.4 Å². The summed E-state index contributed by atoms with van der Waals surface area (Å²) < 4.78 is 0. The standard InChI is InChI=1S/C13H17N5/c1-8-3-5-10(6-4-8)9(2)16-12-7-11(14)17-13(15)18-12/h3-7,9H,1-2H3,(H5,14,15,16,17,18). The maximum absolute atomic E-state index is 5.62. The van der Waals surface area contributed by atoms with E-state index in [2.05, 4.69) is 53.4 Å². The van der Waals surface area contributed by atoms with Gasteiger partial charge < -0.3 is 16.8 Å². The van der Waals surface area contributed by atoms with E-state index in [-0.39, 0.29) is 12.0 Å². The number of nitrogens with two attached hydrogens (primary N) is 2. The molecule has 0 saturated carbocycles. The van der Waals surface area contributed by atoms with Crippen LogP contribution < -0.4 is 16.8 Å². The zero-order valence-corrected chi connectivity index (χ0v) is 10.5. The topological polar surface area (TPSA) is 89.8 Å². The van der Waals surface area contributed by atoms with E-state index in [1.54, 1.807) is 6.07 Å². The Balaban J connectivity index is 2.15. The molecule has 0 fully saturated rings. The number of aryl methyl sites for hydroxylation is 1. The van der Waals surface area contributed by atoms with Crippen LogP contribution in [0.15, 0.2) is 30.3 Å².